The van der Waals surface area contributed by atoms with Crippen molar-refractivity contribution in [2.45, 2.75) is 32.4 Å². The minimum Gasteiger partial charge on any atom is -0.305 e. The van der Waals surface area contributed by atoms with E-state index in [0.29, 0.717) is 17.7 Å². The van der Waals surface area contributed by atoms with E-state index in [9.17, 15) is 13.6 Å². The number of para-hydroxylation sites is 1. The molecule has 0 N–H and O–H groups in total. The molecule has 1 saturated heterocycles. The number of amides is 1. The summed E-state index contributed by atoms with van der Waals surface area (Å²) in [5.41, 5.74) is 3.17. The van der Waals surface area contributed by atoms with Crippen LogP contribution in [0.4, 0.5) is 14.5 Å². The molecule has 3 aromatic rings. The minimum absolute atomic E-state index is 0.00534. The average Bonchev–Trinajstić information content (AvgIpc) is 2.78. The first-order chi connectivity index (χ1) is 15.0. The number of aryl methyl sites for hydroxylation is 1. The van der Waals surface area contributed by atoms with Crippen LogP contribution in [0.3, 0.4) is 0 Å². The van der Waals surface area contributed by atoms with E-state index < -0.39 is 11.6 Å². The van der Waals surface area contributed by atoms with Crippen molar-refractivity contribution in [3.8, 4) is 0 Å². The molecule has 31 heavy (non-hydrogen) atoms. The molecule has 0 unspecified atom stereocenters. The van der Waals surface area contributed by atoms with Crippen LogP contribution in [-0.2, 0) is 6.54 Å². The number of halogens is 2. The zero-order valence-corrected chi connectivity index (χ0v) is 17.6. The van der Waals surface area contributed by atoms with Crippen molar-refractivity contribution in [2.75, 3.05) is 18.0 Å². The number of carbonyl (C=O) groups is 1. The van der Waals surface area contributed by atoms with Crippen molar-refractivity contribution in [3.63, 3.8) is 0 Å². The summed E-state index contributed by atoms with van der Waals surface area (Å²) in [7, 11) is 0. The molecule has 1 amide bonds. The number of anilines is 1. The smallest absolute Gasteiger partial charge is 0.258 e. The van der Waals surface area contributed by atoms with Crippen LogP contribution in [-0.4, -0.2) is 29.9 Å². The van der Waals surface area contributed by atoms with Crippen LogP contribution in [0.2, 0.25) is 0 Å². The van der Waals surface area contributed by atoms with Crippen molar-refractivity contribution < 1.29 is 13.6 Å². The lowest BCUT2D eigenvalue weighted by atomic mass is 10.00. The van der Waals surface area contributed by atoms with Crippen LogP contribution in [0.5, 0.6) is 0 Å². The van der Waals surface area contributed by atoms with Crippen molar-refractivity contribution in [2.24, 2.45) is 0 Å². The van der Waals surface area contributed by atoms with E-state index in [1.54, 1.807) is 0 Å². The Morgan fingerprint density at radius 1 is 0.968 bits per heavy atom. The fourth-order valence-corrected chi connectivity index (χ4v) is 4.14. The number of carbonyl (C=O) groups excluding carboxylic acids is 1. The van der Waals surface area contributed by atoms with Gasteiger partial charge in [-0.3, -0.25) is 9.69 Å². The molecule has 0 aliphatic carbocycles. The lowest BCUT2D eigenvalue weighted by Gasteiger charge is -2.38. The van der Waals surface area contributed by atoms with Crippen LogP contribution in [0, 0.1) is 18.6 Å². The number of likely N-dealkylation sites (tertiary alicyclic amines) is 1. The summed E-state index contributed by atoms with van der Waals surface area (Å²) >= 11 is 0. The lowest BCUT2D eigenvalue weighted by Crippen LogP contribution is -2.47. The highest BCUT2D eigenvalue weighted by molar-refractivity contribution is 6.06. The quantitative estimate of drug-likeness (QED) is 0.538. The van der Waals surface area contributed by atoms with Gasteiger partial charge in [-0.05, 0) is 50.1 Å². The van der Waals surface area contributed by atoms with Gasteiger partial charge in [0.25, 0.3) is 5.91 Å². The summed E-state index contributed by atoms with van der Waals surface area (Å²) in [5.74, 6) is -1.08. The Kier molecular flexibility index (Phi) is 6.42. The van der Waals surface area contributed by atoms with Crippen LogP contribution >= 0.6 is 0 Å². The van der Waals surface area contributed by atoms with E-state index in [1.807, 2.05) is 66.4 Å². The van der Waals surface area contributed by atoms with Crippen molar-refractivity contribution >= 4 is 11.6 Å². The molecular formula is C26H26F2N2O. The summed E-state index contributed by atoms with van der Waals surface area (Å²) in [6.45, 7) is 3.93. The Morgan fingerprint density at radius 2 is 1.65 bits per heavy atom. The molecule has 3 nitrogen and oxygen atoms in total. The molecule has 1 aliphatic heterocycles. The Labute approximate surface area is 181 Å². The number of hydrogen-bond acceptors (Lipinski definition) is 2. The van der Waals surface area contributed by atoms with Crippen LogP contribution < -0.4 is 4.90 Å². The van der Waals surface area contributed by atoms with Gasteiger partial charge in [0.05, 0.1) is 0 Å². The second-order valence-corrected chi connectivity index (χ2v) is 8.12. The highest BCUT2D eigenvalue weighted by atomic mass is 19.1. The van der Waals surface area contributed by atoms with E-state index >= 15 is 0 Å². The fraction of sp³-hybridized carbons (Fsp3) is 0.269. The molecule has 0 atom stereocenters. The Morgan fingerprint density at radius 3 is 2.29 bits per heavy atom. The van der Waals surface area contributed by atoms with E-state index in [2.05, 4.69) is 4.90 Å². The van der Waals surface area contributed by atoms with Crippen molar-refractivity contribution in [1.29, 1.82) is 0 Å². The maximum absolute atomic E-state index is 14.0. The standard InChI is InChI=1S/C26H26F2N2O/c1-19-7-9-20(10-8-19)26(31)30(23-5-3-2-4-6-23)24-13-15-29(16-14-24)18-21-11-12-22(27)17-25(21)28/h2-12,17,24H,13-16,18H2,1H3. The normalized spacial score (nSPS) is 15.1. The molecule has 0 spiro atoms. The number of benzene rings is 3. The largest absolute Gasteiger partial charge is 0.305 e. The molecule has 0 aromatic heterocycles. The minimum atomic E-state index is -0.562. The number of nitrogens with zero attached hydrogens (tertiary/aromatic N) is 2. The van der Waals surface area contributed by atoms with E-state index in [-0.39, 0.29) is 11.9 Å². The van der Waals surface area contributed by atoms with Gasteiger partial charge in [-0.1, -0.05) is 42.0 Å². The number of rotatable bonds is 5. The molecule has 160 valence electrons. The zero-order chi connectivity index (χ0) is 21.8. The van der Waals surface area contributed by atoms with E-state index in [0.717, 1.165) is 43.2 Å². The van der Waals surface area contributed by atoms with Gasteiger partial charge in [-0.15, -0.1) is 0 Å². The molecule has 1 aliphatic rings. The SMILES string of the molecule is Cc1ccc(C(=O)N(c2ccccc2)C2CCN(Cc3ccc(F)cc3F)CC2)cc1. The second-order valence-electron chi connectivity index (χ2n) is 8.12. The first-order valence-corrected chi connectivity index (χ1v) is 10.6. The molecule has 0 bridgehead atoms. The van der Waals surface area contributed by atoms with Crippen LogP contribution in [0.25, 0.3) is 0 Å². The molecule has 1 heterocycles. The monoisotopic (exact) mass is 420 g/mol. The zero-order valence-electron chi connectivity index (χ0n) is 17.6. The highest BCUT2D eigenvalue weighted by Crippen LogP contribution is 2.27. The number of piperidine rings is 1. The third-order valence-corrected chi connectivity index (χ3v) is 5.88. The van der Waals surface area contributed by atoms with Gasteiger partial charge in [-0.2, -0.15) is 0 Å². The molecule has 0 saturated carbocycles. The van der Waals surface area contributed by atoms with Gasteiger partial charge < -0.3 is 4.90 Å². The second kappa shape index (κ2) is 9.40. The highest BCUT2D eigenvalue weighted by Gasteiger charge is 2.30. The number of hydrogen-bond donors (Lipinski definition) is 0. The van der Waals surface area contributed by atoms with Crippen molar-refractivity contribution in [3.05, 3.63) is 101 Å². The summed E-state index contributed by atoms with van der Waals surface area (Å²) in [6, 6.07) is 21.2. The van der Waals surface area contributed by atoms with Gasteiger partial charge in [-0.25, -0.2) is 8.78 Å². The topological polar surface area (TPSA) is 23.6 Å². The predicted octanol–water partition coefficient (Wildman–Crippen LogP) is 5.58. The summed E-state index contributed by atoms with van der Waals surface area (Å²) in [4.78, 5) is 17.5. The van der Waals surface area contributed by atoms with E-state index in [1.165, 1.54) is 12.1 Å². The Hall–Kier alpha value is -3.05. The van der Waals surface area contributed by atoms with Crippen molar-refractivity contribution in [1.82, 2.24) is 4.90 Å². The molecule has 1 fully saturated rings. The van der Waals surface area contributed by atoms with Crippen LogP contribution in [0.15, 0.2) is 72.8 Å². The van der Waals surface area contributed by atoms with Gasteiger partial charge in [0, 0.05) is 48.6 Å². The first-order valence-electron chi connectivity index (χ1n) is 10.6. The Bertz CT molecular complexity index is 1030. The predicted molar refractivity (Wildman–Crippen MR) is 119 cm³/mol. The lowest BCUT2D eigenvalue weighted by molar-refractivity contribution is 0.0958. The summed E-state index contributed by atoms with van der Waals surface area (Å²) in [5, 5.41) is 0. The maximum Gasteiger partial charge on any atom is 0.258 e. The average molecular weight is 421 g/mol. The van der Waals surface area contributed by atoms with Crippen LogP contribution in [0.1, 0.15) is 34.3 Å². The first kappa shape index (κ1) is 21.2. The van der Waals surface area contributed by atoms with Gasteiger partial charge in [0.15, 0.2) is 0 Å². The third kappa shape index (κ3) is 5.00. The molecule has 5 heteroatoms. The van der Waals surface area contributed by atoms with Gasteiger partial charge in [0.1, 0.15) is 11.6 Å². The fourth-order valence-electron chi connectivity index (χ4n) is 4.14. The maximum atomic E-state index is 14.0. The Balaban J connectivity index is 1.49. The van der Waals surface area contributed by atoms with E-state index in [4.69, 9.17) is 0 Å². The molecular weight excluding hydrogens is 394 g/mol. The summed E-state index contributed by atoms with van der Waals surface area (Å²) < 4.78 is 27.2. The molecule has 4 rings (SSSR count). The molecule has 3 aromatic carbocycles. The third-order valence-electron chi connectivity index (χ3n) is 5.88. The molecule has 0 radical (unpaired) electrons. The van der Waals surface area contributed by atoms with Gasteiger partial charge >= 0.3 is 0 Å². The summed E-state index contributed by atoms with van der Waals surface area (Å²) in [6.07, 6.45) is 1.57. The van der Waals surface area contributed by atoms with Gasteiger partial charge in [0.2, 0.25) is 0 Å².